The number of benzene rings is 2. The molecular weight excluding hydrogens is 214 g/mol. The normalized spacial score (nSPS) is 11.1. The maximum absolute atomic E-state index is 5.61. The second-order valence-corrected chi connectivity index (χ2v) is 3.90. The van der Waals surface area contributed by atoms with Crippen LogP contribution in [-0.2, 0) is 0 Å². The van der Waals surface area contributed by atoms with Crippen LogP contribution in [0.1, 0.15) is 6.92 Å². The molecule has 0 spiro atoms. The van der Waals surface area contributed by atoms with Crippen molar-refractivity contribution in [2.75, 3.05) is 17.6 Å². The summed E-state index contributed by atoms with van der Waals surface area (Å²) in [5, 5.41) is 5.49. The minimum Gasteiger partial charge on any atom is -0.423 e. The van der Waals surface area contributed by atoms with E-state index in [1.54, 1.807) is 0 Å². The fourth-order valence-electron chi connectivity index (χ4n) is 2.11. The van der Waals surface area contributed by atoms with Crippen molar-refractivity contribution in [1.29, 1.82) is 0 Å². The van der Waals surface area contributed by atoms with E-state index < -0.39 is 0 Å². The third-order valence-electron chi connectivity index (χ3n) is 2.78. The number of aromatic nitrogens is 1. The van der Waals surface area contributed by atoms with E-state index in [9.17, 15) is 0 Å². The molecule has 1 heterocycles. The largest absolute Gasteiger partial charge is 0.423 e. The van der Waals surface area contributed by atoms with Gasteiger partial charge in [0.05, 0.1) is 0 Å². The average Bonchev–Trinajstić information content (AvgIpc) is 2.70. The van der Waals surface area contributed by atoms with Crippen LogP contribution in [0.15, 0.2) is 34.7 Å². The van der Waals surface area contributed by atoms with Crippen LogP contribution in [0.2, 0.25) is 0 Å². The summed E-state index contributed by atoms with van der Waals surface area (Å²) in [6, 6.07) is 10.2. The molecule has 0 aliphatic heterocycles. The number of nitrogens with zero attached hydrogens (tertiary/aromatic N) is 1. The standard InChI is InChI=1S/C13H13N3O/c1-2-15-10-7-11-12(17-13(14)16-11)9-6-4-3-5-8(9)10/h3-7,15H,2H2,1H3,(H2,14,16). The van der Waals surface area contributed by atoms with Gasteiger partial charge in [-0.15, -0.1) is 0 Å². The fourth-order valence-corrected chi connectivity index (χ4v) is 2.11. The van der Waals surface area contributed by atoms with Crippen LogP contribution >= 0.6 is 0 Å². The van der Waals surface area contributed by atoms with Gasteiger partial charge in [0.1, 0.15) is 5.52 Å². The third-order valence-corrected chi connectivity index (χ3v) is 2.78. The maximum atomic E-state index is 5.61. The first kappa shape index (κ1) is 9.96. The van der Waals surface area contributed by atoms with Gasteiger partial charge in [-0.2, -0.15) is 4.98 Å². The van der Waals surface area contributed by atoms with Gasteiger partial charge in [-0.1, -0.05) is 24.3 Å². The lowest BCUT2D eigenvalue weighted by molar-refractivity contribution is 0.629. The highest BCUT2D eigenvalue weighted by atomic mass is 16.4. The van der Waals surface area contributed by atoms with Crippen molar-refractivity contribution < 1.29 is 4.42 Å². The van der Waals surface area contributed by atoms with Crippen LogP contribution < -0.4 is 11.1 Å². The summed E-state index contributed by atoms with van der Waals surface area (Å²) in [7, 11) is 0. The molecule has 0 unspecified atom stereocenters. The quantitative estimate of drug-likeness (QED) is 0.706. The molecule has 1 aromatic heterocycles. The predicted octanol–water partition coefficient (Wildman–Crippen LogP) is 3.00. The van der Waals surface area contributed by atoms with Gasteiger partial charge in [0.2, 0.25) is 0 Å². The molecule has 2 aromatic carbocycles. The molecule has 4 nitrogen and oxygen atoms in total. The van der Waals surface area contributed by atoms with Gasteiger partial charge < -0.3 is 15.5 Å². The van der Waals surface area contributed by atoms with E-state index in [-0.39, 0.29) is 6.01 Å². The lowest BCUT2D eigenvalue weighted by Gasteiger charge is -2.07. The first-order valence-corrected chi connectivity index (χ1v) is 5.61. The molecule has 0 saturated carbocycles. The van der Waals surface area contributed by atoms with E-state index in [0.29, 0.717) is 0 Å². The highest BCUT2D eigenvalue weighted by molar-refractivity contribution is 6.09. The van der Waals surface area contributed by atoms with E-state index >= 15 is 0 Å². The Morgan fingerprint density at radius 2 is 2.06 bits per heavy atom. The highest BCUT2D eigenvalue weighted by Gasteiger charge is 2.10. The average molecular weight is 227 g/mol. The van der Waals surface area contributed by atoms with Gasteiger partial charge in [-0.05, 0) is 13.0 Å². The van der Waals surface area contributed by atoms with Crippen LogP contribution in [0.4, 0.5) is 11.7 Å². The molecule has 4 heteroatoms. The van der Waals surface area contributed by atoms with Gasteiger partial charge in [-0.25, -0.2) is 0 Å². The maximum Gasteiger partial charge on any atom is 0.293 e. The van der Waals surface area contributed by atoms with Crippen LogP contribution in [0.5, 0.6) is 0 Å². The number of rotatable bonds is 2. The van der Waals surface area contributed by atoms with Crippen LogP contribution in [0, 0.1) is 0 Å². The Morgan fingerprint density at radius 3 is 2.82 bits per heavy atom. The Hall–Kier alpha value is -2.23. The Kier molecular flexibility index (Phi) is 2.14. The molecule has 0 saturated heterocycles. The first-order chi connectivity index (χ1) is 8.29. The molecule has 17 heavy (non-hydrogen) atoms. The summed E-state index contributed by atoms with van der Waals surface area (Å²) < 4.78 is 5.45. The van der Waals surface area contributed by atoms with Crippen LogP contribution in [0.3, 0.4) is 0 Å². The van der Waals surface area contributed by atoms with Crippen molar-refractivity contribution in [1.82, 2.24) is 4.98 Å². The van der Waals surface area contributed by atoms with E-state index in [4.69, 9.17) is 10.2 Å². The molecule has 3 N–H and O–H groups in total. The highest BCUT2D eigenvalue weighted by Crippen LogP contribution is 2.32. The minimum atomic E-state index is 0.207. The monoisotopic (exact) mass is 227 g/mol. The molecule has 0 bridgehead atoms. The summed E-state index contributed by atoms with van der Waals surface area (Å²) in [4.78, 5) is 4.18. The molecule has 0 atom stereocenters. The van der Waals surface area contributed by atoms with Gasteiger partial charge in [-0.3, -0.25) is 0 Å². The second-order valence-electron chi connectivity index (χ2n) is 3.90. The van der Waals surface area contributed by atoms with Crippen molar-refractivity contribution in [3.63, 3.8) is 0 Å². The SMILES string of the molecule is CCNc1cc2nc(N)oc2c2ccccc12. The number of nitrogen functional groups attached to an aromatic ring is 1. The van der Waals surface area contributed by atoms with Gasteiger partial charge in [0.25, 0.3) is 6.01 Å². The zero-order chi connectivity index (χ0) is 11.8. The van der Waals surface area contributed by atoms with Crippen LogP contribution in [-0.4, -0.2) is 11.5 Å². The molecule has 0 aliphatic carbocycles. The zero-order valence-corrected chi connectivity index (χ0v) is 9.53. The smallest absolute Gasteiger partial charge is 0.293 e. The molecule has 0 radical (unpaired) electrons. The summed E-state index contributed by atoms with van der Waals surface area (Å²) in [6.45, 7) is 2.93. The van der Waals surface area contributed by atoms with Crippen molar-refractivity contribution in [2.45, 2.75) is 6.92 Å². The van der Waals surface area contributed by atoms with Gasteiger partial charge >= 0.3 is 0 Å². The molecule has 3 aromatic rings. The summed E-state index contributed by atoms with van der Waals surface area (Å²) >= 11 is 0. The van der Waals surface area contributed by atoms with Gasteiger partial charge in [0, 0.05) is 23.0 Å². The Labute approximate surface area is 98.4 Å². The first-order valence-electron chi connectivity index (χ1n) is 5.61. The van der Waals surface area contributed by atoms with Crippen LogP contribution in [0.25, 0.3) is 21.9 Å². The number of nitrogens with two attached hydrogens (primary N) is 1. The Bertz CT molecular complexity index is 688. The summed E-state index contributed by atoms with van der Waals surface area (Å²) in [5.41, 5.74) is 8.21. The third kappa shape index (κ3) is 1.49. The summed E-state index contributed by atoms with van der Waals surface area (Å²) in [5.74, 6) is 0. The molecule has 0 aliphatic rings. The van der Waals surface area contributed by atoms with Crippen molar-refractivity contribution in [3.8, 4) is 0 Å². The molecule has 0 amide bonds. The van der Waals surface area contributed by atoms with Gasteiger partial charge in [0.15, 0.2) is 5.58 Å². The number of oxazole rings is 1. The minimum absolute atomic E-state index is 0.207. The second kappa shape index (κ2) is 3.66. The number of hydrogen-bond acceptors (Lipinski definition) is 4. The van der Waals surface area contributed by atoms with E-state index in [0.717, 1.165) is 34.1 Å². The lowest BCUT2D eigenvalue weighted by atomic mass is 10.1. The number of hydrogen-bond donors (Lipinski definition) is 2. The summed E-state index contributed by atoms with van der Waals surface area (Å²) in [6.07, 6.45) is 0. The Morgan fingerprint density at radius 1 is 1.29 bits per heavy atom. The predicted molar refractivity (Wildman–Crippen MR) is 70.1 cm³/mol. The Balaban J connectivity index is 2.45. The van der Waals surface area contributed by atoms with Crippen molar-refractivity contribution in [2.24, 2.45) is 0 Å². The van der Waals surface area contributed by atoms with Crippen molar-refractivity contribution in [3.05, 3.63) is 30.3 Å². The molecular formula is C13H13N3O. The fraction of sp³-hybridized carbons (Fsp3) is 0.154. The topological polar surface area (TPSA) is 64.1 Å². The number of nitrogens with one attached hydrogen (secondary N) is 1. The lowest BCUT2D eigenvalue weighted by Crippen LogP contribution is -1.97. The van der Waals surface area contributed by atoms with E-state index in [1.807, 2.05) is 24.3 Å². The molecule has 0 fully saturated rings. The van der Waals surface area contributed by atoms with E-state index in [1.165, 1.54) is 0 Å². The van der Waals surface area contributed by atoms with E-state index in [2.05, 4.69) is 23.3 Å². The zero-order valence-electron chi connectivity index (χ0n) is 9.53. The number of anilines is 2. The molecule has 86 valence electrons. The molecule has 3 rings (SSSR count). The number of fused-ring (bicyclic) bond motifs is 3. The van der Waals surface area contributed by atoms with Crippen molar-refractivity contribution >= 4 is 33.6 Å².